The van der Waals surface area contributed by atoms with Crippen molar-refractivity contribution in [2.75, 3.05) is 27.3 Å². The Labute approximate surface area is 274 Å². The molecule has 3 aromatic carbocycles. The molecule has 0 unspecified atom stereocenters. The third kappa shape index (κ3) is 6.35. The first-order valence-electron chi connectivity index (χ1n) is 14.7. The number of nitro benzene ring substituents is 1. The highest BCUT2D eigenvalue weighted by atomic mass is 32.2. The van der Waals surface area contributed by atoms with Crippen LogP contribution >= 0.6 is 23.1 Å². The molecule has 4 aromatic rings. The minimum absolute atomic E-state index is 0.0887. The summed E-state index contributed by atoms with van der Waals surface area (Å²) < 4.78 is 13.1. The number of nitro groups is 1. The molecule has 1 amide bonds. The number of likely N-dealkylation sites (N-methyl/N-ethyl adjacent to an activating group) is 1. The van der Waals surface area contributed by atoms with Crippen LogP contribution in [0.25, 0.3) is 6.08 Å². The quantitative estimate of drug-likeness (QED) is 0.164. The molecular formula is C34H34N4O6S2. The number of hydrogen-bond donors (Lipinski definition) is 0. The van der Waals surface area contributed by atoms with Crippen LogP contribution in [0.5, 0.6) is 11.5 Å². The average Bonchev–Trinajstić information content (AvgIpc) is 3.35. The summed E-state index contributed by atoms with van der Waals surface area (Å²) in [7, 11) is 3.08. The Hall–Kier alpha value is -4.68. The molecule has 0 N–H and O–H groups in total. The molecule has 0 saturated heterocycles. The molecule has 1 aliphatic heterocycles. The van der Waals surface area contributed by atoms with E-state index in [1.165, 1.54) is 46.9 Å². The summed E-state index contributed by atoms with van der Waals surface area (Å²) in [6, 6.07) is 17.0. The fraction of sp³-hybridized carbons (Fsp3) is 0.265. The number of benzene rings is 3. The Kier molecular flexibility index (Phi) is 9.78. The van der Waals surface area contributed by atoms with E-state index in [1.54, 1.807) is 49.3 Å². The highest BCUT2D eigenvalue weighted by Gasteiger charge is 2.36. The summed E-state index contributed by atoms with van der Waals surface area (Å²) in [5.74, 6) is 0.790. The molecule has 2 heterocycles. The predicted octanol–water partition coefficient (Wildman–Crippen LogP) is 5.49. The van der Waals surface area contributed by atoms with E-state index in [9.17, 15) is 19.7 Å². The van der Waals surface area contributed by atoms with Gasteiger partial charge in [-0.3, -0.25) is 24.3 Å². The monoisotopic (exact) mass is 658 g/mol. The largest absolute Gasteiger partial charge is 0.497 e. The van der Waals surface area contributed by atoms with E-state index in [4.69, 9.17) is 14.5 Å². The number of rotatable bonds is 10. The molecule has 238 valence electrons. The van der Waals surface area contributed by atoms with Crippen LogP contribution in [0.15, 0.2) is 91.5 Å². The van der Waals surface area contributed by atoms with Crippen molar-refractivity contribution in [2.24, 2.45) is 4.99 Å². The number of methoxy groups -OCH3 is 2. The van der Waals surface area contributed by atoms with E-state index in [2.05, 4.69) is 0 Å². The fourth-order valence-electron chi connectivity index (χ4n) is 5.35. The molecule has 10 nitrogen and oxygen atoms in total. The van der Waals surface area contributed by atoms with Gasteiger partial charge in [-0.1, -0.05) is 40.8 Å². The van der Waals surface area contributed by atoms with Crippen molar-refractivity contribution in [1.82, 2.24) is 9.47 Å². The first-order chi connectivity index (χ1) is 22.1. The van der Waals surface area contributed by atoms with Crippen LogP contribution in [0.2, 0.25) is 0 Å². The molecule has 46 heavy (non-hydrogen) atoms. The van der Waals surface area contributed by atoms with Crippen LogP contribution in [-0.2, 0) is 4.79 Å². The molecule has 0 spiro atoms. The van der Waals surface area contributed by atoms with E-state index in [-0.39, 0.29) is 17.2 Å². The summed E-state index contributed by atoms with van der Waals surface area (Å²) in [6.45, 7) is 8.53. The molecule has 0 saturated carbocycles. The number of carbonyl (C=O) groups excluding carboxylic acids is 1. The number of thiazole rings is 1. The van der Waals surface area contributed by atoms with Gasteiger partial charge in [-0.15, -0.1) is 0 Å². The van der Waals surface area contributed by atoms with Gasteiger partial charge in [-0.05, 0) is 75.7 Å². The van der Waals surface area contributed by atoms with Crippen molar-refractivity contribution in [3.8, 4) is 11.5 Å². The maximum Gasteiger partial charge on any atom is 0.271 e. The van der Waals surface area contributed by atoms with E-state index in [0.29, 0.717) is 56.3 Å². The van der Waals surface area contributed by atoms with Crippen LogP contribution in [-0.4, -0.2) is 47.6 Å². The van der Waals surface area contributed by atoms with Gasteiger partial charge in [0.05, 0.1) is 34.9 Å². The molecule has 0 bridgehead atoms. The fourth-order valence-corrected chi connectivity index (χ4v) is 7.29. The lowest BCUT2D eigenvalue weighted by atomic mass is 9.93. The zero-order valence-corrected chi connectivity index (χ0v) is 28.0. The first kappa shape index (κ1) is 32.7. The van der Waals surface area contributed by atoms with Crippen LogP contribution in [0.1, 0.15) is 43.5 Å². The lowest BCUT2D eigenvalue weighted by molar-refractivity contribution is -0.384. The molecule has 0 radical (unpaired) electrons. The molecule has 0 aliphatic carbocycles. The smallest absolute Gasteiger partial charge is 0.271 e. The second-order valence-electron chi connectivity index (χ2n) is 10.6. The third-order valence-electron chi connectivity index (χ3n) is 7.77. The second kappa shape index (κ2) is 13.8. The van der Waals surface area contributed by atoms with Crippen LogP contribution < -0.4 is 24.4 Å². The Bertz CT molecular complexity index is 2030. The number of non-ortho nitro benzene ring substituents is 1. The lowest BCUT2D eigenvalue weighted by Crippen LogP contribution is -2.43. The van der Waals surface area contributed by atoms with Gasteiger partial charge in [0.2, 0.25) is 0 Å². The van der Waals surface area contributed by atoms with Crippen molar-refractivity contribution in [2.45, 2.75) is 43.5 Å². The Morgan fingerprint density at radius 3 is 2.41 bits per heavy atom. The predicted molar refractivity (Wildman–Crippen MR) is 180 cm³/mol. The van der Waals surface area contributed by atoms with Gasteiger partial charge >= 0.3 is 0 Å². The van der Waals surface area contributed by atoms with Crippen LogP contribution in [0, 0.1) is 17.0 Å². The molecule has 12 heteroatoms. The SMILES string of the molecule is CCN(CC)C(=O)C1=C(C)N=c2s/c(=C\c3cc([N+](=O)[O-])ccc3Sc3ccc(C)cc3)c(=O)n2[C@H]1c1cc(OC)ccc1OC. The number of aryl methyl sites for hydroxylation is 1. The molecule has 0 fully saturated rings. The van der Waals surface area contributed by atoms with E-state index in [0.717, 1.165) is 15.4 Å². The topological polar surface area (TPSA) is 116 Å². The summed E-state index contributed by atoms with van der Waals surface area (Å²) >= 11 is 2.62. The summed E-state index contributed by atoms with van der Waals surface area (Å²) in [5, 5.41) is 11.7. The molecular weight excluding hydrogens is 625 g/mol. The van der Waals surface area contributed by atoms with Crippen molar-refractivity contribution in [3.05, 3.63) is 118 Å². The minimum Gasteiger partial charge on any atom is -0.497 e. The van der Waals surface area contributed by atoms with Gasteiger partial charge in [0.1, 0.15) is 17.5 Å². The molecule has 1 atom stereocenters. The van der Waals surface area contributed by atoms with Gasteiger partial charge in [-0.25, -0.2) is 4.99 Å². The highest BCUT2D eigenvalue weighted by Crippen LogP contribution is 2.38. The van der Waals surface area contributed by atoms with Crippen molar-refractivity contribution >= 4 is 40.8 Å². The summed E-state index contributed by atoms with van der Waals surface area (Å²) in [6.07, 6.45) is 1.67. The standard InChI is InChI=1S/C34H34N4O6S2/c1-7-36(8-2)33(40)30-21(4)35-34-37(31(30)26-19-24(43-5)12-15-27(26)44-6)32(39)29(46-34)18-22-17-23(38(41)42)11-16-28(22)45-25-13-9-20(3)10-14-25/h9-19,31H,7-8H2,1-6H3/b29-18-/t31-/m0/s1. The number of allylic oxidation sites excluding steroid dienone is 1. The van der Waals surface area contributed by atoms with Gasteiger partial charge in [0, 0.05) is 40.6 Å². The van der Waals surface area contributed by atoms with Crippen molar-refractivity contribution in [3.63, 3.8) is 0 Å². The Morgan fingerprint density at radius 1 is 1.07 bits per heavy atom. The van der Waals surface area contributed by atoms with Gasteiger partial charge in [0.15, 0.2) is 4.80 Å². The maximum absolute atomic E-state index is 14.4. The number of aromatic nitrogens is 1. The van der Waals surface area contributed by atoms with Gasteiger partial charge in [0.25, 0.3) is 17.2 Å². The number of nitrogens with zero attached hydrogens (tertiary/aromatic N) is 4. The van der Waals surface area contributed by atoms with Crippen molar-refractivity contribution < 1.29 is 19.2 Å². The highest BCUT2D eigenvalue weighted by molar-refractivity contribution is 7.99. The lowest BCUT2D eigenvalue weighted by Gasteiger charge is -2.30. The molecule has 1 aliphatic rings. The van der Waals surface area contributed by atoms with Crippen LogP contribution in [0.4, 0.5) is 5.69 Å². The number of fused-ring (bicyclic) bond motifs is 1. The average molecular weight is 659 g/mol. The number of hydrogen-bond acceptors (Lipinski definition) is 9. The second-order valence-corrected chi connectivity index (χ2v) is 12.7. The van der Waals surface area contributed by atoms with Gasteiger partial charge < -0.3 is 14.4 Å². The first-order valence-corrected chi connectivity index (χ1v) is 16.3. The number of amides is 1. The van der Waals surface area contributed by atoms with E-state index >= 15 is 0 Å². The Balaban J connectivity index is 1.76. The maximum atomic E-state index is 14.4. The van der Waals surface area contributed by atoms with E-state index in [1.807, 2.05) is 45.0 Å². The van der Waals surface area contributed by atoms with Crippen molar-refractivity contribution in [1.29, 1.82) is 0 Å². The molecule has 1 aromatic heterocycles. The summed E-state index contributed by atoms with van der Waals surface area (Å²) in [5.41, 5.74) is 2.60. The third-order valence-corrected chi connectivity index (χ3v) is 9.86. The number of carbonyl (C=O) groups is 1. The van der Waals surface area contributed by atoms with E-state index < -0.39 is 11.0 Å². The Morgan fingerprint density at radius 2 is 1.78 bits per heavy atom. The zero-order chi connectivity index (χ0) is 33.1. The molecule has 5 rings (SSSR count). The normalized spacial score (nSPS) is 14.5. The van der Waals surface area contributed by atoms with Gasteiger partial charge in [-0.2, -0.15) is 0 Å². The minimum atomic E-state index is -0.858. The zero-order valence-electron chi connectivity index (χ0n) is 26.4. The van der Waals surface area contributed by atoms with Crippen LogP contribution in [0.3, 0.4) is 0 Å². The number of ether oxygens (including phenoxy) is 2. The summed E-state index contributed by atoms with van der Waals surface area (Å²) in [4.78, 5) is 48.2.